The number of carboxylic acid groups (broad SMARTS) is 1. The summed E-state index contributed by atoms with van der Waals surface area (Å²) in [6, 6.07) is 0. The summed E-state index contributed by atoms with van der Waals surface area (Å²) >= 11 is 0.797. The summed E-state index contributed by atoms with van der Waals surface area (Å²) in [6.45, 7) is 4.20. The molecule has 0 bridgehead atoms. The van der Waals surface area contributed by atoms with Crippen molar-refractivity contribution < 1.29 is 9.90 Å². The zero-order valence-corrected chi connectivity index (χ0v) is 8.35. The Balaban J connectivity index is 3.22. The molecule has 0 saturated heterocycles. The fourth-order valence-electron chi connectivity index (χ4n) is 1.16. The first kappa shape index (κ1) is 9.98. The maximum Gasteiger partial charge on any atom is 0.347 e. The number of thiazole rings is 1. The van der Waals surface area contributed by atoms with Crippen LogP contribution in [0.15, 0.2) is 4.79 Å². The summed E-state index contributed by atoms with van der Waals surface area (Å²) < 4.78 is 1.51. The molecule has 1 N–H and O–H groups in total. The molecule has 0 atom stereocenters. The molecule has 1 rings (SSSR count). The summed E-state index contributed by atoms with van der Waals surface area (Å²) in [4.78, 5) is 21.9. The van der Waals surface area contributed by atoms with E-state index in [2.05, 4.69) is 0 Å². The first-order valence-corrected chi connectivity index (χ1v) is 4.83. The number of hydrogen-bond acceptors (Lipinski definition) is 3. The maximum absolute atomic E-state index is 11.3. The van der Waals surface area contributed by atoms with Gasteiger partial charge in [-0.05, 0) is 13.3 Å². The predicted octanol–water partition coefficient (Wildman–Crippen LogP) is 1.33. The quantitative estimate of drug-likeness (QED) is 0.802. The summed E-state index contributed by atoms with van der Waals surface area (Å²) in [5.74, 6) is -1.02. The zero-order chi connectivity index (χ0) is 10.0. The molecule has 13 heavy (non-hydrogen) atoms. The molecule has 1 aromatic heterocycles. The van der Waals surface area contributed by atoms with Gasteiger partial charge in [0.2, 0.25) is 0 Å². The Morgan fingerprint density at radius 1 is 1.62 bits per heavy atom. The van der Waals surface area contributed by atoms with Crippen molar-refractivity contribution in [3.05, 3.63) is 20.2 Å². The van der Waals surface area contributed by atoms with Crippen molar-refractivity contribution in [3.63, 3.8) is 0 Å². The van der Waals surface area contributed by atoms with Gasteiger partial charge in [0.15, 0.2) is 0 Å². The average Bonchev–Trinajstić information content (AvgIpc) is 2.32. The Morgan fingerprint density at radius 3 is 2.62 bits per heavy atom. The van der Waals surface area contributed by atoms with Gasteiger partial charge < -0.3 is 9.67 Å². The lowest BCUT2D eigenvalue weighted by molar-refractivity contribution is 0.0700. The normalized spacial score (nSPS) is 10.3. The summed E-state index contributed by atoms with van der Waals surface area (Å²) in [7, 11) is 0. The molecule has 72 valence electrons. The summed E-state index contributed by atoms with van der Waals surface area (Å²) in [6.07, 6.45) is 0.830. The number of hydrogen-bond donors (Lipinski definition) is 1. The average molecular weight is 201 g/mol. The minimum Gasteiger partial charge on any atom is -0.477 e. The van der Waals surface area contributed by atoms with Crippen molar-refractivity contribution in [2.45, 2.75) is 26.8 Å². The molecule has 0 saturated carbocycles. The van der Waals surface area contributed by atoms with Crippen molar-refractivity contribution in [2.24, 2.45) is 0 Å². The van der Waals surface area contributed by atoms with Crippen molar-refractivity contribution in [2.75, 3.05) is 0 Å². The molecule has 0 aliphatic rings. The van der Waals surface area contributed by atoms with Gasteiger partial charge in [-0.2, -0.15) is 0 Å². The van der Waals surface area contributed by atoms with Crippen LogP contribution in [0.1, 0.15) is 28.7 Å². The van der Waals surface area contributed by atoms with E-state index in [1.165, 1.54) is 4.57 Å². The van der Waals surface area contributed by atoms with Crippen LogP contribution in [0.5, 0.6) is 0 Å². The van der Waals surface area contributed by atoms with Gasteiger partial charge in [0.25, 0.3) is 0 Å². The first-order chi connectivity index (χ1) is 6.07. The van der Waals surface area contributed by atoms with Crippen LogP contribution < -0.4 is 4.87 Å². The van der Waals surface area contributed by atoms with Gasteiger partial charge in [-0.3, -0.25) is 4.79 Å². The van der Waals surface area contributed by atoms with E-state index in [9.17, 15) is 9.59 Å². The molecule has 0 spiro atoms. The number of nitrogens with zero attached hydrogens (tertiary/aromatic N) is 1. The summed E-state index contributed by atoms with van der Waals surface area (Å²) in [5, 5.41) is 8.73. The molecular weight excluding hydrogens is 190 g/mol. The lowest BCUT2D eigenvalue weighted by Crippen LogP contribution is -2.14. The van der Waals surface area contributed by atoms with E-state index in [1.54, 1.807) is 6.92 Å². The van der Waals surface area contributed by atoms with E-state index >= 15 is 0 Å². The fourth-order valence-corrected chi connectivity index (χ4v) is 2.02. The number of aromatic nitrogens is 1. The highest BCUT2D eigenvalue weighted by Crippen LogP contribution is 2.11. The Bertz CT molecular complexity index is 377. The number of carboxylic acids is 1. The maximum atomic E-state index is 11.3. The second-order valence-electron chi connectivity index (χ2n) is 2.74. The number of aromatic carboxylic acids is 1. The van der Waals surface area contributed by atoms with Crippen molar-refractivity contribution >= 4 is 17.3 Å². The molecule has 0 aliphatic heterocycles. The fraction of sp³-hybridized carbons (Fsp3) is 0.500. The lowest BCUT2D eigenvalue weighted by Gasteiger charge is -2.00. The van der Waals surface area contributed by atoms with Crippen molar-refractivity contribution in [1.29, 1.82) is 0 Å². The monoisotopic (exact) mass is 201 g/mol. The van der Waals surface area contributed by atoms with Crippen molar-refractivity contribution in [1.82, 2.24) is 4.57 Å². The molecule has 0 radical (unpaired) electrons. The Labute approximate surface area is 79.4 Å². The largest absolute Gasteiger partial charge is 0.477 e. The highest BCUT2D eigenvalue weighted by molar-refractivity contribution is 7.11. The highest BCUT2D eigenvalue weighted by Gasteiger charge is 2.15. The van der Waals surface area contributed by atoms with Gasteiger partial charge >= 0.3 is 10.8 Å². The molecule has 0 fully saturated rings. The molecule has 1 aromatic rings. The third-order valence-electron chi connectivity index (χ3n) is 1.78. The van der Waals surface area contributed by atoms with Gasteiger partial charge in [0.1, 0.15) is 4.88 Å². The second-order valence-corrected chi connectivity index (χ2v) is 3.70. The Hall–Kier alpha value is -1.10. The van der Waals surface area contributed by atoms with Gasteiger partial charge in [-0.15, -0.1) is 0 Å². The lowest BCUT2D eigenvalue weighted by atomic mass is 10.3. The van der Waals surface area contributed by atoms with Crippen LogP contribution >= 0.6 is 11.3 Å². The molecule has 1 heterocycles. The standard InChI is InChI=1S/C8H11NO3S/c1-3-4-9-5(2)6(7(10)11)13-8(9)12/h3-4H2,1-2H3,(H,10,11). The molecular formula is C8H11NO3S. The van der Waals surface area contributed by atoms with Crippen LogP contribution in [0, 0.1) is 6.92 Å². The third-order valence-corrected chi connectivity index (χ3v) is 2.85. The van der Waals surface area contributed by atoms with Crippen molar-refractivity contribution in [3.8, 4) is 0 Å². The topological polar surface area (TPSA) is 59.3 Å². The van der Waals surface area contributed by atoms with E-state index in [0.717, 1.165) is 17.8 Å². The van der Waals surface area contributed by atoms with Crippen LogP contribution in [0.4, 0.5) is 0 Å². The number of carbonyl (C=O) groups is 1. The highest BCUT2D eigenvalue weighted by atomic mass is 32.1. The molecule has 5 heteroatoms. The SMILES string of the molecule is CCCn1c(C)c(C(=O)O)sc1=O. The van der Waals surface area contributed by atoms with Crippen LogP contribution in [0.3, 0.4) is 0 Å². The molecule has 0 unspecified atom stereocenters. The first-order valence-electron chi connectivity index (χ1n) is 4.01. The van der Waals surface area contributed by atoms with Gasteiger partial charge in [-0.25, -0.2) is 4.79 Å². The molecule has 4 nitrogen and oxygen atoms in total. The molecule has 0 aliphatic carbocycles. The summed E-state index contributed by atoms with van der Waals surface area (Å²) in [5.41, 5.74) is 0.560. The third kappa shape index (κ3) is 1.80. The Kier molecular flexibility index (Phi) is 2.87. The van der Waals surface area contributed by atoms with E-state index in [1.807, 2.05) is 6.92 Å². The second kappa shape index (κ2) is 3.74. The minimum absolute atomic E-state index is 0.151. The van der Waals surface area contributed by atoms with Gasteiger partial charge in [0, 0.05) is 12.2 Å². The molecule has 0 amide bonds. The van der Waals surface area contributed by atoms with E-state index in [0.29, 0.717) is 12.2 Å². The van der Waals surface area contributed by atoms with Crippen LogP contribution in [-0.2, 0) is 6.54 Å². The van der Waals surface area contributed by atoms with E-state index < -0.39 is 5.97 Å². The Morgan fingerprint density at radius 2 is 2.23 bits per heavy atom. The van der Waals surface area contributed by atoms with Crippen LogP contribution in [0.2, 0.25) is 0 Å². The minimum atomic E-state index is -1.02. The van der Waals surface area contributed by atoms with E-state index in [-0.39, 0.29) is 9.75 Å². The van der Waals surface area contributed by atoms with E-state index in [4.69, 9.17) is 5.11 Å². The van der Waals surface area contributed by atoms with Gasteiger partial charge in [0.05, 0.1) is 0 Å². The van der Waals surface area contributed by atoms with Crippen LogP contribution in [-0.4, -0.2) is 15.6 Å². The smallest absolute Gasteiger partial charge is 0.347 e. The van der Waals surface area contributed by atoms with Gasteiger partial charge in [-0.1, -0.05) is 18.3 Å². The van der Waals surface area contributed by atoms with Crippen LogP contribution in [0.25, 0.3) is 0 Å². The predicted molar refractivity (Wildman–Crippen MR) is 50.6 cm³/mol. The zero-order valence-electron chi connectivity index (χ0n) is 7.53. The molecule has 0 aromatic carbocycles. The number of rotatable bonds is 3.